The summed E-state index contributed by atoms with van der Waals surface area (Å²) in [6.45, 7) is 8.67. The number of hydrogen-bond donors (Lipinski definition) is 1. The summed E-state index contributed by atoms with van der Waals surface area (Å²) in [5.74, 6) is 0.0626. The van der Waals surface area contributed by atoms with E-state index in [1.165, 1.54) is 64.5 Å². The molecule has 1 saturated carbocycles. The molecule has 1 aliphatic carbocycles. The summed E-state index contributed by atoms with van der Waals surface area (Å²) in [7, 11) is 0. The monoisotopic (exact) mass is 378 g/mol. The first-order valence-electron chi connectivity index (χ1n) is 10.3. The maximum Gasteiger partial charge on any atom is 0.225 e. The molecule has 2 fully saturated rings. The van der Waals surface area contributed by atoms with E-state index in [-0.39, 0.29) is 5.91 Å². The Morgan fingerprint density at radius 3 is 2.58 bits per heavy atom. The van der Waals surface area contributed by atoms with Gasteiger partial charge < -0.3 is 5.32 Å². The maximum absolute atomic E-state index is 11.7. The minimum absolute atomic E-state index is 0.0626. The Kier molecular flexibility index (Phi) is 7.06. The van der Waals surface area contributed by atoms with Crippen molar-refractivity contribution in [1.29, 1.82) is 0 Å². The van der Waals surface area contributed by atoms with Crippen molar-refractivity contribution in [3.63, 3.8) is 0 Å². The Hall–Kier alpha value is -0.980. The van der Waals surface area contributed by atoms with Gasteiger partial charge in [0.05, 0.1) is 5.69 Å². The Morgan fingerprint density at radius 2 is 1.92 bits per heavy atom. The van der Waals surface area contributed by atoms with Crippen LogP contribution in [0.3, 0.4) is 0 Å². The number of carbonyl (C=O) groups excluding carboxylic acids is 1. The molecule has 0 radical (unpaired) electrons. The van der Waals surface area contributed by atoms with E-state index in [9.17, 15) is 4.79 Å². The van der Waals surface area contributed by atoms with E-state index in [0.29, 0.717) is 12.1 Å². The fourth-order valence-corrected chi connectivity index (χ4v) is 5.53. The van der Waals surface area contributed by atoms with Crippen LogP contribution >= 0.6 is 11.3 Å². The van der Waals surface area contributed by atoms with Gasteiger partial charge in [-0.05, 0) is 45.7 Å². The largest absolute Gasteiger partial charge is 0.309 e. The van der Waals surface area contributed by atoms with Crippen LogP contribution in [0.1, 0.15) is 70.9 Å². The zero-order chi connectivity index (χ0) is 18.4. The number of thiazole rings is 1. The molecule has 0 spiro atoms. The molecule has 1 aromatic heterocycles. The highest BCUT2D eigenvalue weighted by atomic mass is 32.1. The molecular formula is C20H34N4OS. The highest BCUT2D eigenvalue weighted by Crippen LogP contribution is 2.35. The number of hydrogen-bond acceptors (Lipinski definition) is 5. The van der Waals surface area contributed by atoms with E-state index in [1.54, 1.807) is 23.2 Å². The number of nitrogens with zero attached hydrogens (tertiary/aromatic N) is 3. The molecule has 2 heterocycles. The van der Waals surface area contributed by atoms with Crippen LogP contribution < -0.4 is 10.2 Å². The molecule has 1 aliphatic heterocycles. The highest BCUT2D eigenvalue weighted by Gasteiger charge is 2.37. The van der Waals surface area contributed by atoms with Crippen molar-refractivity contribution in [3.05, 3.63) is 11.1 Å². The number of likely N-dealkylation sites (tertiary alicyclic amines) is 1. The zero-order valence-corrected chi connectivity index (χ0v) is 17.2. The summed E-state index contributed by atoms with van der Waals surface area (Å²) in [5, 5.41) is 6.61. The summed E-state index contributed by atoms with van der Waals surface area (Å²) in [5.41, 5.74) is 1.40. The molecule has 0 atom stereocenters. The number of carbonyl (C=O) groups is 1. The van der Waals surface area contributed by atoms with Gasteiger partial charge in [-0.3, -0.25) is 14.6 Å². The lowest BCUT2D eigenvalue weighted by Gasteiger charge is -2.48. The smallest absolute Gasteiger partial charge is 0.225 e. The summed E-state index contributed by atoms with van der Waals surface area (Å²) >= 11 is 1.57. The second-order valence-electron chi connectivity index (χ2n) is 7.82. The fraction of sp³-hybridized carbons (Fsp3) is 0.800. The average molecular weight is 379 g/mol. The number of amides is 1. The molecule has 146 valence electrons. The minimum atomic E-state index is 0.0626. The summed E-state index contributed by atoms with van der Waals surface area (Å²) in [6, 6.07) is 0. The van der Waals surface area contributed by atoms with Gasteiger partial charge in [0, 0.05) is 37.5 Å². The molecule has 0 aromatic carbocycles. The molecule has 6 heteroatoms. The second-order valence-corrected chi connectivity index (χ2v) is 8.66. The van der Waals surface area contributed by atoms with Crippen molar-refractivity contribution >= 4 is 22.4 Å². The lowest BCUT2D eigenvalue weighted by atomic mass is 9.79. The van der Waals surface area contributed by atoms with Gasteiger partial charge >= 0.3 is 0 Å². The Labute approximate surface area is 162 Å². The van der Waals surface area contributed by atoms with Crippen LogP contribution in [0.15, 0.2) is 5.38 Å². The summed E-state index contributed by atoms with van der Waals surface area (Å²) < 4.78 is 0. The van der Waals surface area contributed by atoms with Crippen LogP contribution in [0.25, 0.3) is 0 Å². The lowest BCUT2D eigenvalue weighted by Crippen LogP contribution is -2.57. The van der Waals surface area contributed by atoms with E-state index in [0.717, 1.165) is 23.9 Å². The van der Waals surface area contributed by atoms with Gasteiger partial charge in [0.15, 0.2) is 5.13 Å². The minimum Gasteiger partial charge on any atom is -0.309 e. The molecule has 1 N–H and O–H groups in total. The van der Waals surface area contributed by atoms with Crippen molar-refractivity contribution in [1.82, 2.24) is 15.2 Å². The van der Waals surface area contributed by atoms with Crippen LogP contribution in [0.4, 0.5) is 5.13 Å². The summed E-state index contributed by atoms with van der Waals surface area (Å²) in [6.07, 6.45) is 10.9. The Bertz CT molecular complexity index is 576. The SMILES string of the molecule is CCN(C(C)=O)c1nc(CNCC2(N3CCCCC3)CCCCC2)cs1. The molecule has 3 rings (SSSR count). The average Bonchev–Trinajstić information content (AvgIpc) is 3.12. The van der Waals surface area contributed by atoms with Crippen LogP contribution in [-0.2, 0) is 11.3 Å². The van der Waals surface area contributed by atoms with Gasteiger partial charge in [-0.25, -0.2) is 4.98 Å². The van der Waals surface area contributed by atoms with Gasteiger partial charge in [0.1, 0.15) is 0 Å². The molecule has 0 unspecified atom stereocenters. The zero-order valence-electron chi connectivity index (χ0n) is 16.4. The van der Waals surface area contributed by atoms with Crippen molar-refractivity contribution in [3.8, 4) is 0 Å². The first-order valence-corrected chi connectivity index (χ1v) is 11.2. The molecule has 1 saturated heterocycles. The normalized spacial score (nSPS) is 20.8. The third-order valence-electron chi connectivity index (χ3n) is 6.04. The molecule has 26 heavy (non-hydrogen) atoms. The summed E-state index contributed by atoms with van der Waals surface area (Å²) in [4.78, 5) is 20.9. The van der Waals surface area contributed by atoms with Gasteiger partial charge in [-0.1, -0.05) is 25.7 Å². The lowest BCUT2D eigenvalue weighted by molar-refractivity contribution is -0.116. The van der Waals surface area contributed by atoms with Gasteiger partial charge in [0.2, 0.25) is 5.91 Å². The number of aromatic nitrogens is 1. The Morgan fingerprint density at radius 1 is 1.23 bits per heavy atom. The van der Waals surface area contributed by atoms with E-state index in [1.807, 2.05) is 6.92 Å². The highest BCUT2D eigenvalue weighted by molar-refractivity contribution is 7.14. The van der Waals surface area contributed by atoms with E-state index >= 15 is 0 Å². The van der Waals surface area contributed by atoms with Crippen molar-refractivity contribution < 1.29 is 4.79 Å². The van der Waals surface area contributed by atoms with Gasteiger partial charge in [-0.15, -0.1) is 11.3 Å². The first kappa shape index (κ1) is 19.8. The van der Waals surface area contributed by atoms with Gasteiger partial charge in [-0.2, -0.15) is 0 Å². The topological polar surface area (TPSA) is 48.5 Å². The van der Waals surface area contributed by atoms with Crippen LogP contribution in [-0.4, -0.2) is 47.5 Å². The van der Waals surface area contributed by atoms with Crippen molar-refractivity contribution in [2.24, 2.45) is 0 Å². The van der Waals surface area contributed by atoms with E-state index in [4.69, 9.17) is 0 Å². The van der Waals surface area contributed by atoms with E-state index < -0.39 is 0 Å². The second kappa shape index (κ2) is 9.29. The number of rotatable bonds is 7. The number of anilines is 1. The van der Waals surface area contributed by atoms with Crippen LogP contribution in [0.2, 0.25) is 0 Å². The molecule has 1 aromatic rings. The predicted octanol–water partition coefficient (Wildman–Crippen LogP) is 3.79. The quantitative estimate of drug-likeness (QED) is 0.784. The number of nitrogens with one attached hydrogen (secondary N) is 1. The van der Waals surface area contributed by atoms with Crippen molar-refractivity contribution in [2.75, 3.05) is 31.1 Å². The molecular weight excluding hydrogens is 344 g/mol. The third-order valence-corrected chi connectivity index (χ3v) is 6.95. The van der Waals surface area contributed by atoms with Crippen molar-refractivity contribution in [2.45, 2.75) is 77.3 Å². The third kappa shape index (κ3) is 4.65. The standard InChI is InChI=1S/C20H34N4OS/c1-3-24(17(2)25)19-22-18(15-26-19)14-21-16-20(10-6-4-7-11-20)23-12-8-5-9-13-23/h15,21H,3-14,16H2,1-2H3. The first-order chi connectivity index (χ1) is 12.6. The van der Waals surface area contributed by atoms with E-state index in [2.05, 4.69) is 20.6 Å². The Balaban J connectivity index is 1.58. The number of piperidine rings is 1. The predicted molar refractivity (Wildman–Crippen MR) is 109 cm³/mol. The fourth-order valence-electron chi connectivity index (χ4n) is 4.60. The maximum atomic E-state index is 11.7. The molecule has 5 nitrogen and oxygen atoms in total. The van der Waals surface area contributed by atoms with Crippen LogP contribution in [0, 0.1) is 0 Å². The molecule has 1 amide bonds. The molecule has 0 bridgehead atoms. The molecule has 2 aliphatic rings. The van der Waals surface area contributed by atoms with Crippen LogP contribution in [0.5, 0.6) is 0 Å². The van der Waals surface area contributed by atoms with Gasteiger partial charge in [0.25, 0.3) is 0 Å².